The highest BCUT2D eigenvalue weighted by Crippen LogP contribution is 2.48. The summed E-state index contributed by atoms with van der Waals surface area (Å²) < 4.78 is 12.0. The third kappa shape index (κ3) is 2.81. The summed E-state index contributed by atoms with van der Waals surface area (Å²) in [5.74, 6) is 1.69. The number of halogens is 1. The van der Waals surface area contributed by atoms with Crippen LogP contribution in [0.25, 0.3) is 0 Å². The normalized spacial score (nSPS) is 20.1. The Morgan fingerprint density at radius 3 is 2.46 bits per heavy atom. The van der Waals surface area contributed by atoms with Gasteiger partial charge in [-0.25, -0.2) is 5.01 Å². The van der Waals surface area contributed by atoms with E-state index in [2.05, 4.69) is 11.1 Å². The van der Waals surface area contributed by atoms with Crippen molar-refractivity contribution in [2.75, 3.05) is 7.11 Å². The average molecular weight is 391 g/mol. The molecule has 2 aliphatic heterocycles. The Morgan fingerprint density at radius 2 is 1.68 bits per heavy atom. The minimum absolute atomic E-state index is 0.116. The molecule has 2 heterocycles. The van der Waals surface area contributed by atoms with Crippen molar-refractivity contribution in [2.45, 2.75) is 18.7 Å². The van der Waals surface area contributed by atoms with Gasteiger partial charge in [-0.3, -0.25) is 0 Å². The lowest BCUT2D eigenvalue weighted by Gasteiger charge is -2.38. The Hall–Kier alpha value is -2.98. The first-order chi connectivity index (χ1) is 13.7. The summed E-state index contributed by atoms with van der Waals surface area (Å²) in [6.45, 7) is 0. The molecule has 0 amide bonds. The number of benzene rings is 3. The molecule has 0 radical (unpaired) electrons. The van der Waals surface area contributed by atoms with Crippen LogP contribution in [-0.2, 0) is 0 Å². The molecule has 0 saturated heterocycles. The maximum absolute atomic E-state index is 6.40. The van der Waals surface area contributed by atoms with Gasteiger partial charge in [0, 0.05) is 17.0 Å². The molecule has 5 heteroatoms. The summed E-state index contributed by atoms with van der Waals surface area (Å²) in [6, 6.07) is 24.1. The number of hydrazone groups is 1. The number of rotatable bonds is 3. The van der Waals surface area contributed by atoms with Gasteiger partial charge < -0.3 is 9.47 Å². The van der Waals surface area contributed by atoms with Crippen LogP contribution in [0.1, 0.15) is 35.4 Å². The van der Waals surface area contributed by atoms with Crippen molar-refractivity contribution in [1.82, 2.24) is 5.01 Å². The molecule has 5 rings (SSSR count). The van der Waals surface area contributed by atoms with E-state index in [4.69, 9.17) is 26.2 Å². The first-order valence-corrected chi connectivity index (χ1v) is 9.62. The third-order valence-corrected chi connectivity index (χ3v) is 5.53. The molecule has 0 aromatic heterocycles. The lowest BCUT2D eigenvalue weighted by atomic mass is 9.96. The number of hydrogen-bond donors (Lipinski definition) is 0. The number of fused-ring (bicyclic) bond motifs is 3. The molecular weight excluding hydrogens is 372 g/mol. The van der Waals surface area contributed by atoms with Crippen molar-refractivity contribution in [3.8, 4) is 11.5 Å². The smallest absolute Gasteiger partial charge is 0.217 e. The third-order valence-electron chi connectivity index (χ3n) is 5.28. The van der Waals surface area contributed by atoms with E-state index < -0.39 is 0 Å². The van der Waals surface area contributed by atoms with E-state index >= 15 is 0 Å². The summed E-state index contributed by atoms with van der Waals surface area (Å²) in [5.41, 5.74) is 4.23. The van der Waals surface area contributed by atoms with Gasteiger partial charge in [0.25, 0.3) is 0 Å². The van der Waals surface area contributed by atoms with Crippen LogP contribution in [0.15, 0.2) is 77.9 Å². The molecule has 0 bridgehead atoms. The second-order valence-electron chi connectivity index (χ2n) is 6.90. The maximum Gasteiger partial charge on any atom is 0.217 e. The van der Waals surface area contributed by atoms with E-state index in [1.807, 2.05) is 66.7 Å². The largest absolute Gasteiger partial charge is 0.496 e. The van der Waals surface area contributed by atoms with Crippen LogP contribution in [-0.4, -0.2) is 17.8 Å². The second-order valence-corrected chi connectivity index (χ2v) is 7.34. The van der Waals surface area contributed by atoms with Crippen LogP contribution in [0.4, 0.5) is 0 Å². The Kier molecular flexibility index (Phi) is 4.21. The molecule has 2 atom stereocenters. The van der Waals surface area contributed by atoms with Gasteiger partial charge in [-0.15, -0.1) is 0 Å². The van der Waals surface area contributed by atoms with Crippen LogP contribution in [0.2, 0.25) is 5.02 Å². The number of nitrogens with zero attached hydrogens (tertiary/aromatic N) is 2. The fraction of sp³-hybridized carbons (Fsp3) is 0.174. The van der Waals surface area contributed by atoms with Gasteiger partial charge >= 0.3 is 0 Å². The fourth-order valence-corrected chi connectivity index (χ4v) is 4.05. The minimum Gasteiger partial charge on any atom is -0.496 e. The van der Waals surface area contributed by atoms with Gasteiger partial charge in [0.15, 0.2) is 0 Å². The molecule has 0 spiro atoms. The fourth-order valence-electron chi connectivity index (χ4n) is 3.93. The SMILES string of the molecule is COc1ccccc1[C@@H]1Oc2ccccc2[C@@H]2CC(c3ccc(Cl)cc3)=NN21. The van der Waals surface area contributed by atoms with E-state index in [9.17, 15) is 0 Å². The van der Waals surface area contributed by atoms with Crippen LogP contribution < -0.4 is 9.47 Å². The quantitative estimate of drug-likeness (QED) is 0.584. The van der Waals surface area contributed by atoms with E-state index in [1.54, 1.807) is 7.11 Å². The van der Waals surface area contributed by atoms with Crippen LogP contribution in [0.3, 0.4) is 0 Å². The van der Waals surface area contributed by atoms with Crippen LogP contribution in [0.5, 0.6) is 11.5 Å². The van der Waals surface area contributed by atoms with Gasteiger partial charge in [-0.05, 0) is 35.9 Å². The lowest BCUT2D eigenvalue weighted by molar-refractivity contribution is -0.0203. The van der Waals surface area contributed by atoms with Crippen molar-refractivity contribution >= 4 is 17.3 Å². The number of methoxy groups -OCH3 is 1. The van der Waals surface area contributed by atoms with E-state index in [-0.39, 0.29) is 12.3 Å². The molecular formula is C23H19ClN2O2. The predicted octanol–water partition coefficient (Wildman–Crippen LogP) is 5.59. The van der Waals surface area contributed by atoms with Crippen molar-refractivity contribution in [2.24, 2.45) is 5.10 Å². The molecule has 28 heavy (non-hydrogen) atoms. The topological polar surface area (TPSA) is 34.1 Å². The first kappa shape index (κ1) is 17.1. The number of para-hydroxylation sites is 2. The minimum atomic E-state index is -0.346. The highest BCUT2D eigenvalue weighted by atomic mass is 35.5. The van der Waals surface area contributed by atoms with Crippen LogP contribution >= 0.6 is 11.6 Å². The molecule has 4 nitrogen and oxygen atoms in total. The molecule has 2 aliphatic rings. The van der Waals surface area contributed by atoms with E-state index in [1.165, 1.54) is 0 Å². The van der Waals surface area contributed by atoms with Gasteiger partial charge in [0.05, 0.1) is 24.4 Å². The molecule has 0 unspecified atom stereocenters. The van der Waals surface area contributed by atoms with Gasteiger partial charge in [0.2, 0.25) is 6.23 Å². The van der Waals surface area contributed by atoms with Gasteiger partial charge in [0.1, 0.15) is 11.5 Å². The Morgan fingerprint density at radius 1 is 0.964 bits per heavy atom. The van der Waals surface area contributed by atoms with Crippen molar-refractivity contribution < 1.29 is 9.47 Å². The average Bonchev–Trinajstić information content (AvgIpc) is 3.19. The molecule has 0 saturated carbocycles. The molecule has 0 fully saturated rings. The lowest BCUT2D eigenvalue weighted by Crippen LogP contribution is -2.33. The summed E-state index contributed by atoms with van der Waals surface area (Å²) >= 11 is 6.06. The first-order valence-electron chi connectivity index (χ1n) is 9.25. The molecule has 0 N–H and O–H groups in total. The van der Waals surface area contributed by atoms with E-state index in [0.717, 1.165) is 45.3 Å². The monoisotopic (exact) mass is 390 g/mol. The zero-order chi connectivity index (χ0) is 19.1. The summed E-state index contributed by atoms with van der Waals surface area (Å²) in [6.07, 6.45) is 0.467. The van der Waals surface area contributed by atoms with Crippen molar-refractivity contribution in [1.29, 1.82) is 0 Å². The van der Waals surface area contributed by atoms with E-state index in [0.29, 0.717) is 0 Å². The molecule has 3 aromatic carbocycles. The van der Waals surface area contributed by atoms with Crippen molar-refractivity contribution in [3.63, 3.8) is 0 Å². The Labute approximate surface area is 169 Å². The Balaban J connectivity index is 1.61. The van der Waals surface area contributed by atoms with Crippen molar-refractivity contribution in [3.05, 3.63) is 94.5 Å². The highest BCUT2D eigenvalue weighted by Gasteiger charge is 2.41. The molecule has 0 aliphatic carbocycles. The number of ether oxygens (including phenoxy) is 2. The van der Waals surface area contributed by atoms with Crippen LogP contribution in [0, 0.1) is 0 Å². The molecule has 3 aromatic rings. The summed E-state index contributed by atoms with van der Waals surface area (Å²) in [5, 5.41) is 7.75. The number of hydrogen-bond acceptors (Lipinski definition) is 4. The maximum atomic E-state index is 6.40. The second kappa shape index (κ2) is 6.88. The molecule has 140 valence electrons. The predicted molar refractivity (Wildman–Crippen MR) is 110 cm³/mol. The van der Waals surface area contributed by atoms with Gasteiger partial charge in [-0.1, -0.05) is 54.1 Å². The summed E-state index contributed by atoms with van der Waals surface area (Å²) in [4.78, 5) is 0. The van der Waals surface area contributed by atoms with Gasteiger partial charge in [-0.2, -0.15) is 5.10 Å². The highest BCUT2D eigenvalue weighted by molar-refractivity contribution is 6.30. The Bertz CT molecular complexity index is 1050. The zero-order valence-corrected chi connectivity index (χ0v) is 16.1. The summed E-state index contributed by atoms with van der Waals surface area (Å²) in [7, 11) is 1.68. The standard InChI is InChI=1S/C23H19ClN2O2/c1-27-21-8-4-3-7-18(21)23-26-20(17-6-2-5-9-22(17)28-23)14-19(25-26)15-10-12-16(24)13-11-15/h2-13,20,23H,14H2,1H3/t20-,23-/m0/s1. The zero-order valence-electron chi connectivity index (χ0n) is 15.4.